The van der Waals surface area contributed by atoms with Crippen LogP contribution in [0.3, 0.4) is 0 Å². The SMILES string of the molecule is CC[C@H]1CC2C3CC[C@H](CCCNC)C3(C)CC[C@@H]2C2(C)CC[C@@H](O)CC12. The van der Waals surface area contributed by atoms with Gasteiger partial charge in [-0.2, -0.15) is 0 Å². The van der Waals surface area contributed by atoms with E-state index in [1.807, 2.05) is 0 Å². The third-order valence-electron chi connectivity index (χ3n) is 10.5. The van der Waals surface area contributed by atoms with E-state index in [1.54, 1.807) is 0 Å². The molecule has 0 saturated heterocycles. The lowest BCUT2D eigenvalue weighted by Gasteiger charge is -2.63. The Labute approximate surface area is 168 Å². The van der Waals surface area contributed by atoms with E-state index < -0.39 is 0 Å². The molecule has 4 aliphatic rings. The number of hydrogen-bond donors (Lipinski definition) is 2. The lowest BCUT2D eigenvalue weighted by molar-refractivity contribution is -0.150. The zero-order valence-corrected chi connectivity index (χ0v) is 18.5. The minimum absolute atomic E-state index is 0.0226. The summed E-state index contributed by atoms with van der Waals surface area (Å²) in [6.45, 7) is 8.93. The van der Waals surface area contributed by atoms with E-state index in [0.29, 0.717) is 10.8 Å². The number of nitrogens with one attached hydrogen (secondary N) is 1. The van der Waals surface area contributed by atoms with Gasteiger partial charge in [0.1, 0.15) is 0 Å². The van der Waals surface area contributed by atoms with E-state index in [-0.39, 0.29) is 6.10 Å². The van der Waals surface area contributed by atoms with Crippen LogP contribution in [0.25, 0.3) is 0 Å². The van der Waals surface area contributed by atoms with Crippen molar-refractivity contribution in [1.29, 1.82) is 0 Å². The van der Waals surface area contributed by atoms with Crippen molar-refractivity contribution in [3.05, 3.63) is 0 Å². The Morgan fingerprint density at radius 2 is 1.67 bits per heavy atom. The molecule has 2 N–H and O–H groups in total. The van der Waals surface area contributed by atoms with Crippen LogP contribution in [0.5, 0.6) is 0 Å². The lowest BCUT2D eigenvalue weighted by atomic mass is 9.42. The Hall–Kier alpha value is -0.0800. The maximum atomic E-state index is 10.4. The van der Waals surface area contributed by atoms with Crippen LogP contribution >= 0.6 is 0 Å². The van der Waals surface area contributed by atoms with Gasteiger partial charge in [0, 0.05) is 0 Å². The fourth-order valence-corrected chi connectivity index (χ4v) is 9.04. The van der Waals surface area contributed by atoms with Crippen LogP contribution < -0.4 is 5.32 Å². The minimum Gasteiger partial charge on any atom is -0.393 e. The molecule has 4 aliphatic carbocycles. The zero-order valence-electron chi connectivity index (χ0n) is 18.5. The fraction of sp³-hybridized carbons (Fsp3) is 1.00. The highest BCUT2D eigenvalue weighted by Crippen LogP contribution is 2.69. The quantitative estimate of drug-likeness (QED) is 0.609. The highest BCUT2D eigenvalue weighted by atomic mass is 16.3. The molecular weight excluding hydrogens is 330 g/mol. The van der Waals surface area contributed by atoms with E-state index in [0.717, 1.165) is 48.3 Å². The molecule has 0 aromatic rings. The lowest BCUT2D eigenvalue weighted by Crippen LogP contribution is -2.56. The number of fused-ring (bicyclic) bond motifs is 5. The normalized spacial score (nSPS) is 52.1. The van der Waals surface area contributed by atoms with Crippen molar-refractivity contribution in [1.82, 2.24) is 5.32 Å². The van der Waals surface area contributed by atoms with E-state index in [1.165, 1.54) is 64.3 Å². The summed E-state index contributed by atoms with van der Waals surface area (Å²) in [5.41, 5.74) is 1.12. The van der Waals surface area contributed by atoms with Gasteiger partial charge in [-0.05, 0) is 124 Å². The van der Waals surface area contributed by atoms with Crippen molar-refractivity contribution < 1.29 is 5.11 Å². The Kier molecular flexibility index (Phi) is 5.71. The van der Waals surface area contributed by atoms with Crippen LogP contribution in [0.15, 0.2) is 0 Å². The van der Waals surface area contributed by atoms with Gasteiger partial charge in [-0.15, -0.1) is 0 Å². The van der Waals surface area contributed by atoms with E-state index in [9.17, 15) is 5.11 Å². The molecule has 4 rings (SSSR count). The molecule has 0 bridgehead atoms. The molecule has 0 radical (unpaired) electrons. The fourth-order valence-electron chi connectivity index (χ4n) is 9.04. The van der Waals surface area contributed by atoms with Crippen molar-refractivity contribution in [2.75, 3.05) is 13.6 Å². The first-order valence-electron chi connectivity index (χ1n) is 12.3. The average Bonchev–Trinajstić information content (AvgIpc) is 2.99. The van der Waals surface area contributed by atoms with E-state index in [2.05, 4.69) is 33.1 Å². The van der Waals surface area contributed by atoms with Gasteiger partial charge in [-0.25, -0.2) is 0 Å². The number of aliphatic hydroxyl groups excluding tert-OH is 1. The third-order valence-corrected chi connectivity index (χ3v) is 10.5. The highest BCUT2D eigenvalue weighted by Gasteiger charge is 2.61. The van der Waals surface area contributed by atoms with Crippen molar-refractivity contribution in [2.24, 2.45) is 46.3 Å². The van der Waals surface area contributed by atoms with Crippen molar-refractivity contribution in [3.63, 3.8) is 0 Å². The molecule has 156 valence electrons. The van der Waals surface area contributed by atoms with Crippen LogP contribution in [0.2, 0.25) is 0 Å². The maximum absolute atomic E-state index is 10.4. The van der Waals surface area contributed by atoms with Crippen molar-refractivity contribution in [2.45, 2.75) is 97.5 Å². The molecule has 5 unspecified atom stereocenters. The molecule has 0 amide bonds. The molecule has 27 heavy (non-hydrogen) atoms. The summed E-state index contributed by atoms with van der Waals surface area (Å²) in [5, 5.41) is 13.7. The topological polar surface area (TPSA) is 32.3 Å². The maximum Gasteiger partial charge on any atom is 0.0543 e. The second-order valence-corrected chi connectivity index (χ2v) is 11.4. The van der Waals surface area contributed by atoms with Gasteiger partial charge in [-0.3, -0.25) is 0 Å². The van der Waals surface area contributed by atoms with E-state index >= 15 is 0 Å². The van der Waals surface area contributed by atoms with E-state index in [4.69, 9.17) is 0 Å². The predicted octanol–water partition coefficient (Wildman–Crippen LogP) is 5.64. The predicted molar refractivity (Wildman–Crippen MR) is 114 cm³/mol. The average molecular weight is 376 g/mol. The number of aliphatic hydroxyl groups is 1. The summed E-state index contributed by atoms with van der Waals surface area (Å²) in [7, 11) is 2.09. The Balaban J connectivity index is 1.56. The Morgan fingerprint density at radius 1 is 0.926 bits per heavy atom. The van der Waals surface area contributed by atoms with Crippen molar-refractivity contribution >= 4 is 0 Å². The van der Waals surface area contributed by atoms with Gasteiger partial charge in [-0.1, -0.05) is 27.2 Å². The van der Waals surface area contributed by atoms with Crippen LogP contribution in [0.1, 0.15) is 91.4 Å². The van der Waals surface area contributed by atoms with Crippen molar-refractivity contribution in [3.8, 4) is 0 Å². The standard InChI is InChI=1S/C25H45NO/c1-5-17-15-20-21-9-8-18(7-6-14-26-4)24(21,2)13-11-22(20)25(3)12-10-19(27)16-23(17)25/h17-23,26-27H,5-16H2,1-4H3/t17-,18-,19+,20?,21?,22-,23?,24?,25?/m0/s1. The first kappa shape index (κ1) is 20.2. The second kappa shape index (κ2) is 7.63. The summed E-state index contributed by atoms with van der Waals surface area (Å²) in [6.07, 6.45) is 14.9. The summed E-state index contributed by atoms with van der Waals surface area (Å²) in [5.74, 6) is 5.50. The molecule has 0 aliphatic heterocycles. The molecular formula is C25H45NO. The molecule has 0 heterocycles. The van der Waals surface area contributed by atoms with Gasteiger partial charge >= 0.3 is 0 Å². The molecule has 0 spiro atoms. The first-order chi connectivity index (χ1) is 12.9. The monoisotopic (exact) mass is 375 g/mol. The molecule has 4 fully saturated rings. The van der Waals surface area contributed by atoms with Gasteiger partial charge in [0.2, 0.25) is 0 Å². The third kappa shape index (κ3) is 3.21. The first-order valence-corrected chi connectivity index (χ1v) is 12.3. The highest BCUT2D eigenvalue weighted by molar-refractivity contribution is 5.10. The summed E-state index contributed by atoms with van der Waals surface area (Å²) in [4.78, 5) is 0. The van der Waals surface area contributed by atoms with Gasteiger partial charge in [0.05, 0.1) is 6.10 Å². The Morgan fingerprint density at radius 3 is 2.41 bits per heavy atom. The number of rotatable bonds is 5. The Bertz CT molecular complexity index is 520. The zero-order chi connectivity index (χ0) is 19.2. The summed E-state index contributed by atoms with van der Waals surface area (Å²) >= 11 is 0. The molecule has 2 heteroatoms. The van der Waals surface area contributed by atoms with Gasteiger partial charge in [0.15, 0.2) is 0 Å². The van der Waals surface area contributed by atoms with Gasteiger partial charge in [0.25, 0.3) is 0 Å². The van der Waals surface area contributed by atoms with Crippen LogP contribution in [0.4, 0.5) is 0 Å². The molecule has 4 saturated carbocycles. The number of hydrogen-bond acceptors (Lipinski definition) is 2. The molecule has 2 nitrogen and oxygen atoms in total. The smallest absolute Gasteiger partial charge is 0.0543 e. The minimum atomic E-state index is -0.0226. The molecule has 0 aromatic carbocycles. The summed E-state index contributed by atoms with van der Waals surface area (Å²) in [6, 6.07) is 0. The second-order valence-electron chi connectivity index (χ2n) is 11.4. The van der Waals surface area contributed by atoms with Gasteiger partial charge < -0.3 is 10.4 Å². The van der Waals surface area contributed by atoms with Crippen LogP contribution in [-0.4, -0.2) is 24.8 Å². The molecule has 9 atom stereocenters. The largest absolute Gasteiger partial charge is 0.393 e. The summed E-state index contributed by atoms with van der Waals surface area (Å²) < 4.78 is 0. The van der Waals surface area contributed by atoms with Crippen LogP contribution in [-0.2, 0) is 0 Å². The molecule has 0 aromatic heterocycles. The van der Waals surface area contributed by atoms with Crippen LogP contribution in [0, 0.1) is 46.3 Å².